The van der Waals surface area contributed by atoms with E-state index in [0.717, 1.165) is 11.3 Å². The number of imidazole rings is 1. The van der Waals surface area contributed by atoms with Gasteiger partial charge in [0.15, 0.2) is 0 Å². The number of nitrogens with two attached hydrogens (primary N) is 1. The second-order valence-electron chi connectivity index (χ2n) is 6.16. The number of benzene rings is 2. The topological polar surface area (TPSA) is 119 Å². The van der Waals surface area contributed by atoms with Crippen molar-refractivity contribution < 1.29 is 9.53 Å². The number of carbonyl (C=O) groups excluding carboxylic acids is 1. The first-order valence-electron chi connectivity index (χ1n) is 8.89. The minimum absolute atomic E-state index is 0.293. The molecule has 4 aromatic rings. The summed E-state index contributed by atoms with van der Waals surface area (Å²) in [6.07, 6.45) is 3.40. The normalized spacial score (nSPS) is 10.7. The van der Waals surface area contributed by atoms with E-state index in [2.05, 4.69) is 25.6 Å². The number of nitrogens with one attached hydrogen (secondary N) is 2. The number of methoxy groups -OCH3 is 1. The van der Waals surface area contributed by atoms with Gasteiger partial charge in [-0.05, 0) is 29.8 Å². The van der Waals surface area contributed by atoms with E-state index < -0.39 is 5.97 Å². The third-order valence-corrected chi connectivity index (χ3v) is 4.29. The van der Waals surface area contributed by atoms with Crippen LogP contribution >= 0.6 is 0 Å². The van der Waals surface area contributed by atoms with Gasteiger partial charge in [0.05, 0.1) is 18.4 Å². The van der Waals surface area contributed by atoms with Crippen molar-refractivity contribution in [1.82, 2.24) is 19.4 Å². The fraction of sp³-hybridized carbons (Fsp3) is 0.100. The lowest BCUT2D eigenvalue weighted by Crippen LogP contribution is -2.09. The van der Waals surface area contributed by atoms with E-state index >= 15 is 0 Å². The molecule has 0 aliphatic carbocycles. The quantitative estimate of drug-likeness (QED) is 0.431. The van der Waals surface area contributed by atoms with Gasteiger partial charge in [-0.15, -0.1) is 0 Å². The summed E-state index contributed by atoms with van der Waals surface area (Å²) >= 11 is 0. The zero-order chi connectivity index (χ0) is 20.2. The number of ether oxygens (including phenoxy) is 1. The van der Waals surface area contributed by atoms with Gasteiger partial charge >= 0.3 is 5.97 Å². The Kier molecular flexibility index (Phi) is 5.04. The molecule has 0 saturated carbocycles. The van der Waals surface area contributed by atoms with Gasteiger partial charge < -0.3 is 21.1 Å². The van der Waals surface area contributed by atoms with Gasteiger partial charge in [0.25, 0.3) is 0 Å². The molecule has 0 amide bonds. The Morgan fingerprint density at radius 2 is 1.90 bits per heavy atom. The van der Waals surface area contributed by atoms with Crippen molar-refractivity contribution in [2.75, 3.05) is 17.7 Å². The highest BCUT2D eigenvalue weighted by molar-refractivity contribution is 5.96. The number of fused-ring (bicyclic) bond motifs is 1. The van der Waals surface area contributed by atoms with Crippen LogP contribution in [0.25, 0.3) is 5.78 Å². The van der Waals surface area contributed by atoms with E-state index in [1.54, 1.807) is 41.1 Å². The summed E-state index contributed by atoms with van der Waals surface area (Å²) in [6.45, 7) is 0.479. The lowest BCUT2D eigenvalue weighted by molar-refractivity contribution is 0.0602. The number of esters is 1. The fourth-order valence-corrected chi connectivity index (χ4v) is 2.82. The smallest absolute Gasteiger partial charge is 0.339 e. The molecule has 0 radical (unpaired) electrons. The van der Waals surface area contributed by atoms with Crippen LogP contribution in [0.4, 0.5) is 23.3 Å². The standard InChI is InChI=1S/C20H19N7O2/c1-29-17(28)15-4-2-3-5-16(15)24-18-25-19-22-10-11-27(19)20(26-18)23-14-8-6-13(12-21)7-9-14/h2-11H,12,21H2,1H3,(H2,22,23,24,25,26). The van der Waals surface area contributed by atoms with Crippen LogP contribution in [0, 0.1) is 0 Å². The first-order valence-corrected chi connectivity index (χ1v) is 8.89. The Labute approximate surface area is 166 Å². The molecule has 0 unspecified atom stereocenters. The van der Waals surface area contributed by atoms with Crippen LogP contribution in [-0.2, 0) is 11.3 Å². The summed E-state index contributed by atoms with van der Waals surface area (Å²) in [5.74, 6) is 0.819. The number of carbonyl (C=O) groups is 1. The van der Waals surface area contributed by atoms with E-state index in [0.29, 0.717) is 35.5 Å². The van der Waals surface area contributed by atoms with Crippen molar-refractivity contribution >= 4 is 35.0 Å². The summed E-state index contributed by atoms with van der Waals surface area (Å²) in [5, 5.41) is 6.34. The molecule has 4 rings (SSSR count). The molecule has 0 aliphatic heterocycles. The number of hydrogen-bond donors (Lipinski definition) is 3. The molecule has 2 aromatic heterocycles. The summed E-state index contributed by atoms with van der Waals surface area (Å²) < 4.78 is 6.57. The Morgan fingerprint density at radius 3 is 2.66 bits per heavy atom. The highest BCUT2D eigenvalue weighted by Crippen LogP contribution is 2.22. The number of rotatable bonds is 6. The average Bonchev–Trinajstić information content (AvgIpc) is 3.23. The Bertz CT molecular complexity index is 1160. The van der Waals surface area contributed by atoms with Crippen LogP contribution in [0.2, 0.25) is 0 Å². The summed E-state index contributed by atoms with van der Waals surface area (Å²) in [5.41, 5.74) is 8.45. The van der Waals surface area contributed by atoms with Gasteiger partial charge in [-0.2, -0.15) is 9.97 Å². The molecule has 0 atom stereocenters. The summed E-state index contributed by atoms with van der Waals surface area (Å²) in [6, 6.07) is 14.7. The largest absolute Gasteiger partial charge is 0.465 e. The van der Waals surface area contributed by atoms with Crippen molar-refractivity contribution in [3.8, 4) is 0 Å². The van der Waals surface area contributed by atoms with Crippen molar-refractivity contribution in [3.63, 3.8) is 0 Å². The second kappa shape index (κ2) is 7.95. The SMILES string of the molecule is COC(=O)c1ccccc1Nc1nc(Nc2ccc(CN)cc2)n2ccnc2n1. The van der Waals surface area contributed by atoms with E-state index in [4.69, 9.17) is 10.5 Å². The minimum atomic E-state index is -0.451. The van der Waals surface area contributed by atoms with Gasteiger partial charge in [0.2, 0.25) is 17.7 Å². The van der Waals surface area contributed by atoms with Crippen molar-refractivity contribution in [2.45, 2.75) is 6.54 Å². The van der Waals surface area contributed by atoms with Crippen molar-refractivity contribution in [2.24, 2.45) is 5.73 Å². The first-order chi connectivity index (χ1) is 14.2. The maximum atomic E-state index is 12.0. The molecule has 0 aliphatic rings. The van der Waals surface area contributed by atoms with Crippen LogP contribution in [0.3, 0.4) is 0 Å². The van der Waals surface area contributed by atoms with Gasteiger partial charge in [0, 0.05) is 24.6 Å². The predicted molar refractivity (Wildman–Crippen MR) is 109 cm³/mol. The lowest BCUT2D eigenvalue weighted by Gasteiger charge is -2.12. The minimum Gasteiger partial charge on any atom is -0.465 e. The molecule has 2 aromatic carbocycles. The molecule has 0 bridgehead atoms. The van der Waals surface area contributed by atoms with Crippen molar-refractivity contribution in [3.05, 3.63) is 72.1 Å². The highest BCUT2D eigenvalue weighted by Gasteiger charge is 2.14. The van der Waals surface area contributed by atoms with Crippen LogP contribution in [0.1, 0.15) is 15.9 Å². The zero-order valence-electron chi connectivity index (χ0n) is 15.7. The van der Waals surface area contributed by atoms with E-state index in [1.807, 2.05) is 24.3 Å². The first kappa shape index (κ1) is 18.4. The molecule has 9 nitrogen and oxygen atoms in total. The van der Waals surface area contributed by atoms with Gasteiger partial charge in [-0.3, -0.25) is 4.40 Å². The second-order valence-corrected chi connectivity index (χ2v) is 6.16. The Hall–Kier alpha value is -3.98. The molecular weight excluding hydrogens is 370 g/mol. The van der Waals surface area contributed by atoms with E-state index in [1.165, 1.54) is 7.11 Å². The maximum absolute atomic E-state index is 12.0. The average molecular weight is 389 g/mol. The van der Waals surface area contributed by atoms with E-state index in [-0.39, 0.29) is 0 Å². The van der Waals surface area contributed by atoms with Crippen LogP contribution in [-0.4, -0.2) is 32.4 Å². The number of para-hydroxylation sites is 1. The van der Waals surface area contributed by atoms with Gasteiger partial charge in [-0.1, -0.05) is 24.3 Å². The summed E-state index contributed by atoms with van der Waals surface area (Å²) in [4.78, 5) is 25.2. The Morgan fingerprint density at radius 1 is 1.10 bits per heavy atom. The molecule has 146 valence electrons. The third-order valence-electron chi connectivity index (χ3n) is 4.29. The highest BCUT2D eigenvalue weighted by atomic mass is 16.5. The zero-order valence-corrected chi connectivity index (χ0v) is 15.7. The predicted octanol–water partition coefficient (Wildman–Crippen LogP) is 2.86. The molecule has 29 heavy (non-hydrogen) atoms. The third kappa shape index (κ3) is 3.85. The molecule has 0 spiro atoms. The molecular formula is C20H19N7O2. The Balaban J connectivity index is 1.69. The van der Waals surface area contributed by atoms with Crippen molar-refractivity contribution in [1.29, 1.82) is 0 Å². The molecule has 2 heterocycles. The number of aromatic nitrogens is 4. The number of hydrogen-bond acceptors (Lipinski definition) is 8. The number of anilines is 4. The maximum Gasteiger partial charge on any atom is 0.339 e. The van der Waals surface area contributed by atoms with E-state index in [9.17, 15) is 4.79 Å². The molecule has 0 fully saturated rings. The monoisotopic (exact) mass is 389 g/mol. The van der Waals surface area contributed by atoms with Crippen LogP contribution in [0.15, 0.2) is 60.9 Å². The molecule has 0 saturated heterocycles. The van der Waals surface area contributed by atoms with Crippen LogP contribution in [0.5, 0.6) is 0 Å². The fourth-order valence-electron chi connectivity index (χ4n) is 2.82. The summed E-state index contributed by atoms with van der Waals surface area (Å²) in [7, 11) is 1.34. The number of nitrogens with zero attached hydrogens (tertiary/aromatic N) is 4. The van der Waals surface area contributed by atoms with Gasteiger partial charge in [0.1, 0.15) is 0 Å². The van der Waals surface area contributed by atoms with Gasteiger partial charge in [-0.25, -0.2) is 9.78 Å². The van der Waals surface area contributed by atoms with Crippen LogP contribution < -0.4 is 16.4 Å². The molecule has 9 heteroatoms. The lowest BCUT2D eigenvalue weighted by atomic mass is 10.2. The molecule has 4 N–H and O–H groups in total.